The molecule has 6 rings (SSSR count). The highest BCUT2D eigenvalue weighted by atomic mass is 32.2. The number of nitrogens with two attached hydrogens (primary N) is 1. The molecule has 2 aliphatic heterocycles. The number of thioether (sulfide) groups is 2. The maximum atomic E-state index is 14.2. The summed E-state index contributed by atoms with van der Waals surface area (Å²) in [5.41, 5.74) is 7.64. The Morgan fingerprint density at radius 3 is 2.44 bits per heavy atom. The maximum absolute atomic E-state index is 14.2. The van der Waals surface area contributed by atoms with Crippen LogP contribution < -0.4 is 11.1 Å². The number of fused-ring (bicyclic) bond motifs is 1. The number of carbonyl (C=O) groups is 4. The number of thiazole rings is 1. The molecule has 0 spiro atoms. The number of benzene rings is 2. The molecule has 244 valence electrons. The number of amides is 2. The first kappa shape index (κ1) is 33.1. The van der Waals surface area contributed by atoms with Gasteiger partial charge in [-0.3, -0.25) is 14.5 Å². The van der Waals surface area contributed by atoms with E-state index in [1.165, 1.54) is 45.3 Å². The Bertz CT molecular complexity index is 1880. The number of aromatic nitrogens is 3. The van der Waals surface area contributed by atoms with Crippen LogP contribution in [0.25, 0.3) is 0 Å². The van der Waals surface area contributed by atoms with Crippen molar-refractivity contribution in [2.24, 2.45) is 5.16 Å². The number of nitrogens with zero attached hydrogens (tertiary/aromatic N) is 5. The first-order chi connectivity index (χ1) is 23.3. The van der Waals surface area contributed by atoms with E-state index in [0.717, 1.165) is 33.6 Å². The molecule has 0 saturated carbocycles. The van der Waals surface area contributed by atoms with Crippen LogP contribution in [0.1, 0.15) is 29.8 Å². The van der Waals surface area contributed by atoms with E-state index in [1.54, 1.807) is 17.7 Å². The van der Waals surface area contributed by atoms with Crippen molar-refractivity contribution in [3.8, 4) is 0 Å². The van der Waals surface area contributed by atoms with E-state index in [4.69, 9.17) is 15.3 Å². The summed E-state index contributed by atoms with van der Waals surface area (Å²) >= 11 is 5.04. The van der Waals surface area contributed by atoms with Gasteiger partial charge in [0.1, 0.15) is 27.0 Å². The number of carbonyl (C=O) groups excluding carboxylic acids is 4. The fraction of sp³-hybridized carbons (Fsp3) is 0.161. The third-order valence-electron chi connectivity index (χ3n) is 6.95. The smallest absolute Gasteiger partial charge is 0.356 e. The molecule has 48 heavy (non-hydrogen) atoms. The molecule has 2 aromatic heterocycles. The minimum atomic E-state index is -1.02. The zero-order valence-corrected chi connectivity index (χ0v) is 28.2. The number of hydrogen-bond acceptors (Lipinski definition) is 15. The van der Waals surface area contributed by atoms with Crippen molar-refractivity contribution in [1.29, 1.82) is 0 Å². The van der Waals surface area contributed by atoms with E-state index in [-0.39, 0.29) is 22.2 Å². The number of anilines is 1. The number of rotatable bonds is 11. The molecule has 17 heteroatoms. The lowest BCUT2D eigenvalue weighted by molar-refractivity contribution is -0.154. The molecule has 1 saturated heterocycles. The summed E-state index contributed by atoms with van der Waals surface area (Å²) in [7, 11) is 0. The van der Waals surface area contributed by atoms with E-state index in [0.29, 0.717) is 11.3 Å². The SMILES string of the molecule is CC(=O)ON=C(C(=O)N[C@@H]1C(=O)N2C(C(=O)OC(c3ccccc3)c3ccccc3)=C(/C=C\Sc3cnns3)CS[C@H]12)c1csc(N)n1. The van der Waals surface area contributed by atoms with E-state index in [9.17, 15) is 19.2 Å². The lowest BCUT2D eigenvalue weighted by Crippen LogP contribution is -2.71. The molecule has 2 aromatic carbocycles. The van der Waals surface area contributed by atoms with Crippen LogP contribution in [0.4, 0.5) is 5.13 Å². The first-order valence-electron chi connectivity index (χ1n) is 14.2. The number of allylic oxidation sites excluding steroid dienone is 1. The number of hydrogen-bond donors (Lipinski definition) is 2. The number of ether oxygens (including phenoxy) is 1. The van der Waals surface area contributed by atoms with Crippen molar-refractivity contribution in [2.75, 3.05) is 11.5 Å². The van der Waals surface area contributed by atoms with Crippen LogP contribution in [0, 0.1) is 0 Å². The van der Waals surface area contributed by atoms with Crippen LogP contribution in [0.3, 0.4) is 0 Å². The molecule has 4 heterocycles. The third kappa shape index (κ3) is 7.33. The summed E-state index contributed by atoms with van der Waals surface area (Å²) in [5.74, 6) is -2.45. The third-order valence-corrected chi connectivity index (χ3v) is 10.5. The number of nitrogens with one attached hydrogen (secondary N) is 1. The fourth-order valence-corrected chi connectivity index (χ4v) is 7.87. The second-order valence-electron chi connectivity index (χ2n) is 10.1. The van der Waals surface area contributed by atoms with Crippen molar-refractivity contribution < 1.29 is 28.8 Å². The Labute approximate surface area is 290 Å². The van der Waals surface area contributed by atoms with Gasteiger partial charge in [0.15, 0.2) is 16.9 Å². The zero-order valence-electron chi connectivity index (χ0n) is 24.9. The molecular weight excluding hydrogens is 695 g/mol. The van der Waals surface area contributed by atoms with Crippen LogP contribution in [-0.4, -0.2) is 66.1 Å². The van der Waals surface area contributed by atoms with Crippen LogP contribution >= 0.6 is 46.4 Å². The Balaban J connectivity index is 1.29. The van der Waals surface area contributed by atoms with E-state index in [2.05, 4.69) is 25.0 Å². The van der Waals surface area contributed by atoms with Crippen molar-refractivity contribution in [2.45, 2.75) is 28.7 Å². The highest BCUT2D eigenvalue weighted by Crippen LogP contribution is 2.42. The average molecular weight is 720 g/mol. The Morgan fingerprint density at radius 2 is 1.83 bits per heavy atom. The van der Waals surface area contributed by atoms with Crippen LogP contribution in [0.2, 0.25) is 0 Å². The molecule has 13 nitrogen and oxygen atoms in total. The fourth-order valence-electron chi connectivity index (χ4n) is 4.82. The van der Waals surface area contributed by atoms with Gasteiger partial charge in [0.2, 0.25) is 0 Å². The predicted octanol–water partition coefficient (Wildman–Crippen LogP) is 4.14. The second kappa shape index (κ2) is 14.9. The Kier molecular flexibility index (Phi) is 10.3. The average Bonchev–Trinajstić information content (AvgIpc) is 3.78. The van der Waals surface area contributed by atoms with Gasteiger partial charge >= 0.3 is 11.9 Å². The highest BCUT2D eigenvalue weighted by molar-refractivity contribution is 8.03. The summed E-state index contributed by atoms with van der Waals surface area (Å²) in [6.07, 6.45) is 2.64. The normalized spacial score (nSPS) is 17.7. The monoisotopic (exact) mass is 719 g/mol. The molecule has 0 aliphatic carbocycles. The summed E-state index contributed by atoms with van der Waals surface area (Å²) in [6, 6.07) is 17.6. The van der Waals surface area contributed by atoms with Gasteiger partial charge in [0.25, 0.3) is 11.8 Å². The molecule has 2 aliphatic rings. The van der Waals surface area contributed by atoms with Gasteiger partial charge in [-0.05, 0) is 39.7 Å². The number of β-lactam (4-membered cyclic amide) rings is 1. The van der Waals surface area contributed by atoms with Crippen molar-refractivity contribution >= 4 is 81.0 Å². The van der Waals surface area contributed by atoms with E-state index >= 15 is 0 Å². The number of oxime groups is 1. The lowest BCUT2D eigenvalue weighted by Gasteiger charge is -2.49. The molecule has 1 fully saturated rings. The molecule has 2 amide bonds. The van der Waals surface area contributed by atoms with Gasteiger partial charge in [-0.2, -0.15) is 0 Å². The van der Waals surface area contributed by atoms with Gasteiger partial charge in [-0.15, -0.1) is 28.2 Å². The topological polar surface area (TPSA) is 179 Å². The Hall–Kier alpha value is -4.84. The number of esters is 1. The molecule has 2 atom stereocenters. The van der Waals surface area contributed by atoms with Crippen LogP contribution in [0.15, 0.2) is 104 Å². The van der Waals surface area contributed by atoms with E-state index in [1.807, 2.05) is 60.7 Å². The molecular formula is C31H25N7O6S4. The minimum absolute atomic E-state index is 0.0754. The summed E-state index contributed by atoms with van der Waals surface area (Å²) in [5, 5.41) is 13.0. The first-order valence-corrected chi connectivity index (χ1v) is 17.8. The lowest BCUT2D eigenvalue weighted by atomic mass is 10.0. The molecule has 4 aromatic rings. The standard InChI is InChI=1S/C31H25N7O6S4/c1-17(39)44-36-23(21-16-47-31(32)34-21)27(40)35-24-28(41)38-25(20(15-46-29(24)38)12-13-45-22-14-33-37-48-22)30(42)43-26(18-8-4-2-5-9-18)19-10-6-3-7-11-19/h2-14,16,24,26,29H,15H2,1H3,(H2,32,34)(H,35,40)/b13-12-,36-23?/t24-,29-/m1/s1. The highest BCUT2D eigenvalue weighted by Gasteiger charge is 2.54. The Morgan fingerprint density at radius 1 is 1.12 bits per heavy atom. The maximum Gasteiger partial charge on any atom is 0.356 e. The van der Waals surface area contributed by atoms with Crippen molar-refractivity contribution in [3.63, 3.8) is 0 Å². The van der Waals surface area contributed by atoms with Crippen LogP contribution in [-0.2, 0) is 28.8 Å². The molecule has 0 unspecified atom stereocenters. The number of nitrogen functional groups attached to an aromatic ring is 1. The summed E-state index contributed by atoms with van der Waals surface area (Å²) in [4.78, 5) is 62.8. The van der Waals surface area contributed by atoms with Gasteiger partial charge in [-0.25, -0.2) is 14.6 Å². The van der Waals surface area contributed by atoms with Gasteiger partial charge < -0.3 is 20.6 Å². The van der Waals surface area contributed by atoms with Gasteiger partial charge in [-0.1, -0.05) is 82.1 Å². The van der Waals surface area contributed by atoms with Crippen molar-refractivity contribution in [1.82, 2.24) is 24.8 Å². The van der Waals surface area contributed by atoms with Crippen molar-refractivity contribution in [3.05, 3.63) is 112 Å². The quantitative estimate of drug-likeness (QED) is 0.0566. The predicted molar refractivity (Wildman–Crippen MR) is 183 cm³/mol. The van der Waals surface area contributed by atoms with Gasteiger partial charge in [0.05, 0.1) is 6.20 Å². The molecule has 3 N–H and O–H groups in total. The van der Waals surface area contributed by atoms with Crippen LogP contribution in [0.5, 0.6) is 0 Å². The summed E-state index contributed by atoms with van der Waals surface area (Å²) in [6.45, 7) is 1.13. The second-order valence-corrected chi connectivity index (χ2v) is 14.1. The van der Waals surface area contributed by atoms with E-state index < -0.39 is 41.3 Å². The largest absolute Gasteiger partial charge is 0.448 e. The molecule has 0 radical (unpaired) electrons. The summed E-state index contributed by atoms with van der Waals surface area (Å²) < 4.78 is 10.9. The zero-order chi connectivity index (χ0) is 33.6. The minimum Gasteiger partial charge on any atom is -0.448 e. The molecule has 0 bridgehead atoms. The van der Waals surface area contributed by atoms with Gasteiger partial charge in [0, 0.05) is 18.1 Å².